The number of nitrogens with zero attached hydrogens (tertiary/aromatic N) is 2. The SMILES string of the molecule is CC(C)Oc1ccccc1[CH]=[Ru]([Cl])[Cl].Cc1ccccc1N1[CH-]N(c2ccccc2C)CC1. The minimum atomic E-state index is -1.77. The van der Waals surface area contributed by atoms with Crippen molar-refractivity contribution in [1.82, 2.24) is 0 Å². The fraction of sp³-hybridized carbons (Fsp3) is 0.259. The van der Waals surface area contributed by atoms with Crippen molar-refractivity contribution in [1.29, 1.82) is 0 Å². The molecule has 1 fully saturated rings. The van der Waals surface area contributed by atoms with E-state index < -0.39 is 13.5 Å². The number of ether oxygens (including phenoxy) is 1. The van der Waals surface area contributed by atoms with Crippen LogP contribution in [0.15, 0.2) is 72.8 Å². The summed E-state index contributed by atoms with van der Waals surface area (Å²) in [6.45, 7) is 12.6. The van der Waals surface area contributed by atoms with Gasteiger partial charge in [0.05, 0.1) is 0 Å². The van der Waals surface area contributed by atoms with E-state index in [2.05, 4.69) is 78.8 Å². The molecule has 3 aromatic rings. The maximum absolute atomic E-state index is 5.82. The predicted molar refractivity (Wildman–Crippen MR) is 140 cm³/mol. The van der Waals surface area contributed by atoms with E-state index in [0.29, 0.717) is 0 Å². The standard InChI is InChI=1S/C17H19N2.C10H12O.2ClH.Ru/c1-14-7-3-5-9-16(14)18-11-12-19(13-18)17-10-6-4-8-15(17)2;1-8(2)11-10-7-5-4-6-9(10)3;;;/h3-10,13H,11-12H2,1-2H3;3-8H,1-2H3;2*1H;/q-1;;;;+2/p-2. The van der Waals surface area contributed by atoms with Crippen LogP contribution in [0.3, 0.4) is 0 Å². The molecule has 0 atom stereocenters. The first kappa shape index (κ1) is 25.8. The van der Waals surface area contributed by atoms with Gasteiger partial charge < -0.3 is 9.80 Å². The number of rotatable bonds is 5. The van der Waals surface area contributed by atoms with E-state index in [9.17, 15) is 0 Å². The maximum Gasteiger partial charge on any atom is 0.0116 e. The zero-order valence-corrected chi connectivity index (χ0v) is 22.7. The summed E-state index contributed by atoms with van der Waals surface area (Å²) in [6.07, 6.45) is 0.163. The minimum absolute atomic E-state index is 0.163. The number of para-hydroxylation sites is 3. The summed E-state index contributed by atoms with van der Waals surface area (Å²) in [4.78, 5) is 4.67. The van der Waals surface area contributed by atoms with E-state index in [1.165, 1.54) is 22.5 Å². The van der Waals surface area contributed by atoms with Gasteiger partial charge in [0.1, 0.15) is 0 Å². The van der Waals surface area contributed by atoms with Crippen molar-refractivity contribution >= 4 is 35.4 Å². The normalized spacial score (nSPS) is 13.5. The van der Waals surface area contributed by atoms with Gasteiger partial charge in [-0.3, -0.25) is 0 Å². The molecular weight excluding hydrogens is 540 g/mol. The average molecular weight is 572 g/mol. The van der Waals surface area contributed by atoms with Gasteiger partial charge >= 0.3 is 97.8 Å². The number of hydrogen-bond donors (Lipinski definition) is 0. The van der Waals surface area contributed by atoms with Gasteiger partial charge in [0.25, 0.3) is 0 Å². The van der Waals surface area contributed by atoms with Crippen LogP contribution >= 0.6 is 19.4 Å². The Morgan fingerprint density at radius 3 is 1.79 bits per heavy atom. The number of anilines is 2. The molecule has 0 aliphatic carbocycles. The van der Waals surface area contributed by atoms with E-state index in [-0.39, 0.29) is 6.10 Å². The average Bonchev–Trinajstić information content (AvgIpc) is 3.25. The van der Waals surface area contributed by atoms with E-state index in [1.54, 1.807) is 0 Å². The number of benzene rings is 3. The summed E-state index contributed by atoms with van der Waals surface area (Å²) in [7, 11) is 11.6. The van der Waals surface area contributed by atoms with Crippen molar-refractivity contribution in [2.45, 2.75) is 33.8 Å². The van der Waals surface area contributed by atoms with Crippen LogP contribution in [0.25, 0.3) is 0 Å². The third-order valence-electron chi connectivity index (χ3n) is 5.18. The van der Waals surface area contributed by atoms with E-state index in [4.69, 9.17) is 24.1 Å². The van der Waals surface area contributed by atoms with Gasteiger partial charge in [-0.15, -0.1) is 0 Å². The Kier molecular flexibility index (Phi) is 9.80. The van der Waals surface area contributed by atoms with Crippen LogP contribution in [0, 0.1) is 20.5 Å². The van der Waals surface area contributed by atoms with Crippen molar-refractivity contribution in [3.05, 3.63) is 96.2 Å². The molecule has 1 heterocycles. The Balaban J connectivity index is 0.000000196. The molecular formula is C27H31Cl2N2ORu-. The second-order valence-electron chi connectivity index (χ2n) is 8.09. The molecule has 0 aromatic heterocycles. The second kappa shape index (κ2) is 12.6. The minimum Gasteiger partial charge on any atom is -0.502 e. The first-order valence-corrected chi connectivity index (χ1v) is 16.4. The molecule has 3 nitrogen and oxygen atoms in total. The maximum atomic E-state index is 5.82. The summed E-state index contributed by atoms with van der Waals surface area (Å²) in [5, 5.41) is 0. The molecule has 1 aliphatic rings. The quantitative estimate of drug-likeness (QED) is 0.236. The van der Waals surface area contributed by atoms with Crippen molar-refractivity contribution < 1.29 is 18.3 Å². The van der Waals surface area contributed by atoms with E-state index in [1.807, 2.05) is 42.7 Å². The van der Waals surface area contributed by atoms with Gasteiger partial charge in [-0.25, -0.2) is 0 Å². The molecule has 4 rings (SSSR count). The zero-order valence-electron chi connectivity index (χ0n) is 19.5. The molecule has 0 radical (unpaired) electrons. The van der Waals surface area contributed by atoms with E-state index in [0.717, 1.165) is 24.4 Å². The van der Waals surface area contributed by atoms with Gasteiger partial charge in [0, 0.05) is 24.5 Å². The second-order valence-corrected chi connectivity index (χ2v) is 13.8. The van der Waals surface area contributed by atoms with Crippen molar-refractivity contribution in [2.24, 2.45) is 0 Å². The summed E-state index contributed by atoms with van der Waals surface area (Å²) in [5.74, 6) is 0.850. The van der Waals surface area contributed by atoms with Crippen LogP contribution < -0.4 is 14.5 Å². The molecule has 33 heavy (non-hydrogen) atoms. The predicted octanol–water partition coefficient (Wildman–Crippen LogP) is 7.30. The molecule has 178 valence electrons. The first-order chi connectivity index (χ1) is 15.8. The van der Waals surface area contributed by atoms with Gasteiger partial charge in [-0.05, 0) is 37.1 Å². The smallest absolute Gasteiger partial charge is 0.0116 e. The van der Waals surface area contributed by atoms with E-state index >= 15 is 0 Å². The molecule has 1 aliphatic heterocycles. The van der Waals surface area contributed by atoms with Crippen LogP contribution in [-0.2, 0) is 13.5 Å². The molecule has 1 saturated heterocycles. The van der Waals surface area contributed by atoms with Crippen molar-refractivity contribution in [3.8, 4) is 5.75 Å². The van der Waals surface area contributed by atoms with Crippen LogP contribution in [-0.4, -0.2) is 23.8 Å². The molecule has 3 aromatic carbocycles. The van der Waals surface area contributed by atoms with Crippen LogP contribution in [0.2, 0.25) is 0 Å². The topological polar surface area (TPSA) is 15.7 Å². The molecule has 0 N–H and O–H groups in total. The summed E-state index contributed by atoms with van der Waals surface area (Å²) >= 11 is -1.77. The molecule has 6 heteroatoms. The summed E-state index contributed by atoms with van der Waals surface area (Å²) < 4.78 is 7.51. The third kappa shape index (κ3) is 7.57. The van der Waals surface area contributed by atoms with Crippen LogP contribution in [0.1, 0.15) is 30.5 Å². The van der Waals surface area contributed by atoms with Gasteiger partial charge in [-0.2, -0.15) is 6.67 Å². The number of aryl methyl sites for hydroxylation is 2. The van der Waals surface area contributed by atoms with Gasteiger partial charge in [0.15, 0.2) is 0 Å². The monoisotopic (exact) mass is 571 g/mol. The molecule has 0 amide bonds. The Bertz CT molecular complexity index is 1030. The van der Waals surface area contributed by atoms with Crippen LogP contribution in [0.5, 0.6) is 5.75 Å². The number of hydrogen-bond acceptors (Lipinski definition) is 3. The summed E-state index contributed by atoms with van der Waals surface area (Å²) in [6, 6.07) is 24.9. The van der Waals surface area contributed by atoms with Crippen LogP contribution in [0.4, 0.5) is 11.4 Å². The summed E-state index contributed by atoms with van der Waals surface area (Å²) in [5.41, 5.74) is 6.25. The Morgan fingerprint density at radius 1 is 0.818 bits per heavy atom. The van der Waals surface area contributed by atoms with Crippen molar-refractivity contribution in [2.75, 3.05) is 22.9 Å². The molecule has 0 bridgehead atoms. The molecule has 0 saturated carbocycles. The van der Waals surface area contributed by atoms with Gasteiger partial charge in [-0.1, -0.05) is 36.4 Å². The fourth-order valence-electron chi connectivity index (χ4n) is 3.65. The first-order valence-electron chi connectivity index (χ1n) is 10.9. The Labute approximate surface area is 211 Å². The fourth-order valence-corrected chi connectivity index (χ4v) is 5.45. The third-order valence-corrected chi connectivity index (χ3v) is 7.01. The molecule has 0 unspecified atom stereocenters. The molecule has 0 spiro atoms. The zero-order chi connectivity index (χ0) is 23.8. The van der Waals surface area contributed by atoms with Crippen molar-refractivity contribution in [3.63, 3.8) is 0 Å². The van der Waals surface area contributed by atoms with Gasteiger partial charge in [0.2, 0.25) is 0 Å². The Morgan fingerprint density at radius 2 is 1.30 bits per heavy atom. The Hall–Kier alpha value is -1.87. The number of halogens is 2. The largest absolute Gasteiger partial charge is 0.502 e.